The van der Waals surface area contributed by atoms with Crippen LogP contribution >= 0.6 is 0 Å². The molecule has 10 heteroatoms. The molecule has 2 N–H and O–H groups in total. The van der Waals surface area contributed by atoms with E-state index >= 15 is 0 Å². The molecule has 0 unspecified atom stereocenters. The third-order valence-corrected chi connectivity index (χ3v) is 4.28. The summed E-state index contributed by atoms with van der Waals surface area (Å²) in [4.78, 5) is 24.1. The molecule has 0 spiro atoms. The first-order valence-electron chi connectivity index (χ1n) is 8.90. The summed E-state index contributed by atoms with van der Waals surface area (Å²) in [6.45, 7) is 2.90. The monoisotopic (exact) mass is 363 g/mol. The van der Waals surface area contributed by atoms with Gasteiger partial charge in [-0.15, -0.1) is 0 Å². The number of amides is 2. The zero-order valence-corrected chi connectivity index (χ0v) is 15.0. The van der Waals surface area contributed by atoms with Crippen molar-refractivity contribution >= 4 is 11.7 Å². The van der Waals surface area contributed by atoms with Gasteiger partial charge in [0, 0.05) is 39.4 Å². The van der Waals surface area contributed by atoms with Gasteiger partial charge in [0.05, 0.1) is 25.0 Å². The maximum absolute atomic E-state index is 12.2. The van der Waals surface area contributed by atoms with Crippen LogP contribution in [0.25, 0.3) is 0 Å². The van der Waals surface area contributed by atoms with Gasteiger partial charge < -0.3 is 15.4 Å². The van der Waals surface area contributed by atoms with Crippen LogP contribution in [0.15, 0.2) is 17.2 Å². The van der Waals surface area contributed by atoms with E-state index < -0.39 is 0 Å². The third-order valence-electron chi connectivity index (χ3n) is 4.28. The minimum Gasteiger partial charge on any atom is -0.383 e. The Hall–Kier alpha value is -2.62. The molecule has 1 aliphatic rings. The van der Waals surface area contributed by atoms with Gasteiger partial charge in [0.2, 0.25) is 0 Å². The third kappa shape index (κ3) is 4.51. The van der Waals surface area contributed by atoms with E-state index in [1.54, 1.807) is 28.8 Å². The fraction of sp³-hybridized carbons (Fsp3) is 0.625. The Kier molecular flexibility index (Phi) is 6.05. The molecule has 0 atom stereocenters. The fourth-order valence-electron chi connectivity index (χ4n) is 2.94. The number of methoxy groups -OCH3 is 1. The summed E-state index contributed by atoms with van der Waals surface area (Å²) >= 11 is 0. The Bertz CT molecular complexity index is 792. The summed E-state index contributed by atoms with van der Waals surface area (Å²) in [5.74, 6) is 0.873. The van der Waals surface area contributed by atoms with Gasteiger partial charge in [0.25, 0.3) is 0 Å². The number of carbonyl (C=O) groups is 1. The molecular formula is C16H25N7O3. The van der Waals surface area contributed by atoms with Gasteiger partial charge in [-0.3, -0.25) is 9.25 Å². The number of urea groups is 1. The number of carbonyl (C=O) groups excluding carboxylic acids is 1. The van der Waals surface area contributed by atoms with Crippen LogP contribution in [0.5, 0.6) is 0 Å². The van der Waals surface area contributed by atoms with Crippen molar-refractivity contribution in [1.29, 1.82) is 0 Å². The van der Waals surface area contributed by atoms with E-state index in [2.05, 4.69) is 20.8 Å². The summed E-state index contributed by atoms with van der Waals surface area (Å²) in [5, 5.41) is 14.0. The second-order valence-corrected chi connectivity index (χ2v) is 6.25. The highest BCUT2D eigenvalue weighted by molar-refractivity contribution is 5.88. The number of nitrogens with one attached hydrogen (secondary N) is 2. The molecule has 0 fully saturated rings. The van der Waals surface area contributed by atoms with Crippen molar-refractivity contribution in [2.75, 3.05) is 25.6 Å². The van der Waals surface area contributed by atoms with E-state index in [0.29, 0.717) is 38.3 Å². The maximum Gasteiger partial charge on any atom is 0.345 e. The summed E-state index contributed by atoms with van der Waals surface area (Å²) in [5.41, 5.74) is 0.573. The van der Waals surface area contributed by atoms with Crippen molar-refractivity contribution in [1.82, 2.24) is 29.4 Å². The number of aromatic nitrogens is 5. The van der Waals surface area contributed by atoms with E-state index in [0.717, 1.165) is 31.6 Å². The Morgan fingerprint density at radius 3 is 3.04 bits per heavy atom. The second-order valence-electron chi connectivity index (χ2n) is 6.25. The molecule has 3 rings (SSSR count). The summed E-state index contributed by atoms with van der Waals surface area (Å²) < 4.78 is 9.94. The van der Waals surface area contributed by atoms with Crippen molar-refractivity contribution in [3.05, 3.63) is 28.7 Å². The molecule has 0 saturated heterocycles. The lowest BCUT2D eigenvalue weighted by atomic mass is 10.2. The largest absolute Gasteiger partial charge is 0.383 e. The molecule has 26 heavy (non-hydrogen) atoms. The Balaban J connectivity index is 1.39. The minimum absolute atomic E-state index is 0.0485. The van der Waals surface area contributed by atoms with Crippen LogP contribution in [-0.4, -0.2) is 50.4 Å². The Morgan fingerprint density at radius 2 is 2.23 bits per heavy atom. The highest BCUT2D eigenvalue weighted by Gasteiger charge is 2.16. The molecule has 1 aliphatic heterocycles. The predicted octanol–water partition coefficient (Wildman–Crippen LogP) is 0.436. The lowest BCUT2D eigenvalue weighted by molar-refractivity contribution is 0.183. The molecule has 0 saturated carbocycles. The smallest absolute Gasteiger partial charge is 0.345 e. The first kappa shape index (κ1) is 18.2. The molecule has 2 aromatic heterocycles. The van der Waals surface area contributed by atoms with Crippen LogP contribution in [0.3, 0.4) is 0 Å². The molecular weight excluding hydrogens is 338 g/mol. The minimum atomic E-state index is -0.298. The van der Waals surface area contributed by atoms with Gasteiger partial charge in [-0.05, 0) is 19.3 Å². The SMILES string of the molecule is COCCn1cc(NC(=O)NCCCn2nc3n(c2=O)CCCC3)cn1. The predicted molar refractivity (Wildman–Crippen MR) is 95.2 cm³/mol. The summed E-state index contributed by atoms with van der Waals surface area (Å²) in [6.07, 6.45) is 6.94. The zero-order chi connectivity index (χ0) is 18.4. The molecule has 10 nitrogen and oxygen atoms in total. The van der Waals surface area contributed by atoms with E-state index in [1.165, 1.54) is 4.68 Å². The zero-order valence-electron chi connectivity index (χ0n) is 15.0. The van der Waals surface area contributed by atoms with Gasteiger partial charge in [0.15, 0.2) is 0 Å². The van der Waals surface area contributed by atoms with Crippen LogP contribution in [-0.2, 0) is 30.8 Å². The lowest BCUT2D eigenvalue weighted by Crippen LogP contribution is -2.31. The summed E-state index contributed by atoms with van der Waals surface area (Å²) in [6, 6.07) is -0.298. The first-order valence-corrected chi connectivity index (χ1v) is 8.90. The molecule has 3 heterocycles. The van der Waals surface area contributed by atoms with E-state index in [1.807, 2.05) is 0 Å². The van der Waals surface area contributed by atoms with Crippen LogP contribution in [0.2, 0.25) is 0 Å². The number of hydrogen-bond acceptors (Lipinski definition) is 5. The molecule has 2 aromatic rings. The van der Waals surface area contributed by atoms with E-state index in [-0.39, 0.29) is 11.7 Å². The number of anilines is 1. The van der Waals surface area contributed by atoms with Crippen molar-refractivity contribution in [3.8, 4) is 0 Å². The number of ether oxygens (including phenoxy) is 1. The Morgan fingerprint density at radius 1 is 1.35 bits per heavy atom. The fourth-order valence-corrected chi connectivity index (χ4v) is 2.94. The number of rotatable bonds is 8. The highest BCUT2D eigenvalue weighted by atomic mass is 16.5. The lowest BCUT2D eigenvalue weighted by Gasteiger charge is -2.09. The molecule has 142 valence electrons. The van der Waals surface area contributed by atoms with Gasteiger partial charge >= 0.3 is 11.7 Å². The molecule has 0 aromatic carbocycles. The topological polar surface area (TPSA) is 108 Å². The first-order chi connectivity index (χ1) is 12.7. The molecule has 2 amide bonds. The van der Waals surface area contributed by atoms with Crippen molar-refractivity contribution in [3.63, 3.8) is 0 Å². The number of hydrogen-bond donors (Lipinski definition) is 2. The molecule has 0 aliphatic carbocycles. The quantitative estimate of drug-likeness (QED) is 0.662. The van der Waals surface area contributed by atoms with Gasteiger partial charge in [-0.2, -0.15) is 10.2 Å². The van der Waals surface area contributed by atoms with E-state index in [9.17, 15) is 9.59 Å². The average molecular weight is 363 g/mol. The van der Waals surface area contributed by atoms with Gasteiger partial charge in [-0.25, -0.2) is 14.3 Å². The molecule has 0 radical (unpaired) electrons. The van der Waals surface area contributed by atoms with Crippen LogP contribution < -0.4 is 16.3 Å². The maximum atomic E-state index is 12.2. The van der Waals surface area contributed by atoms with E-state index in [4.69, 9.17) is 4.74 Å². The number of fused-ring (bicyclic) bond motifs is 1. The normalized spacial score (nSPS) is 13.4. The van der Waals surface area contributed by atoms with Crippen LogP contribution in [0.1, 0.15) is 25.1 Å². The highest BCUT2D eigenvalue weighted by Crippen LogP contribution is 2.09. The summed E-state index contributed by atoms with van der Waals surface area (Å²) in [7, 11) is 1.63. The molecule has 0 bridgehead atoms. The number of aryl methyl sites for hydroxylation is 2. The van der Waals surface area contributed by atoms with Crippen LogP contribution in [0, 0.1) is 0 Å². The second kappa shape index (κ2) is 8.65. The average Bonchev–Trinajstić information content (AvgIpc) is 3.22. The van der Waals surface area contributed by atoms with Crippen molar-refractivity contribution in [2.24, 2.45) is 0 Å². The van der Waals surface area contributed by atoms with Crippen molar-refractivity contribution in [2.45, 2.75) is 45.3 Å². The van der Waals surface area contributed by atoms with Gasteiger partial charge in [-0.1, -0.05) is 0 Å². The number of nitrogens with zero attached hydrogens (tertiary/aromatic N) is 5. The Labute approximate surface area is 151 Å². The van der Waals surface area contributed by atoms with Crippen LogP contribution in [0.4, 0.5) is 10.5 Å². The van der Waals surface area contributed by atoms with Gasteiger partial charge in [0.1, 0.15) is 5.82 Å². The standard InChI is InChI=1S/C16H25N7O3/c1-26-10-9-21-12-13(11-18-21)19-15(24)17-6-4-8-23-16(25)22-7-3-2-5-14(22)20-23/h11-12H,2-10H2,1H3,(H2,17,19,24). The van der Waals surface area contributed by atoms with Crippen molar-refractivity contribution < 1.29 is 9.53 Å².